The molecule has 0 bridgehead atoms. The van der Waals surface area contributed by atoms with E-state index in [-0.39, 0.29) is 29.0 Å². The van der Waals surface area contributed by atoms with Crippen molar-refractivity contribution in [2.45, 2.75) is 17.8 Å². The van der Waals surface area contributed by atoms with Gasteiger partial charge in [0.2, 0.25) is 0 Å². The Bertz CT molecular complexity index is 839. The summed E-state index contributed by atoms with van der Waals surface area (Å²) in [6.45, 7) is 0.197. The summed E-state index contributed by atoms with van der Waals surface area (Å²) in [6, 6.07) is 12.3. The van der Waals surface area contributed by atoms with E-state index in [1.165, 1.54) is 4.90 Å². The van der Waals surface area contributed by atoms with E-state index in [9.17, 15) is 14.4 Å². The standard InChI is InChI=1S/C18H12BrNO3/c19-15-8-14-10(4-3-7-11(14)16(15)21)9-20-17(22)12-5-1-2-6-13(12)18(20)23/h1-7,15H,8-9H2. The van der Waals surface area contributed by atoms with E-state index in [2.05, 4.69) is 15.9 Å². The van der Waals surface area contributed by atoms with Gasteiger partial charge in [-0.15, -0.1) is 0 Å². The van der Waals surface area contributed by atoms with Crippen LogP contribution in [0.2, 0.25) is 0 Å². The van der Waals surface area contributed by atoms with E-state index < -0.39 is 0 Å². The Morgan fingerprint density at radius 1 is 0.913 bits per heavy atom. The molecule has 1 unspecified atom stereocenters. The second kappa shape index (κ2) is 5.13. The van der Waals surface area contributed by atoms with Crippen LogP contribution in [0.25, 0.3) is 0 Å². The van der Waals surface area contributed by atoms with Crippen molar-refractivity contribution in [2.24, 2.45) is 0 Å². The number of fused-ring (bicyclic) bond motifs is 2. The fraction of sp³-hybridized carbons (Fsp3) is 0.167. The lowest BCUT2D eigenvalue weighted by atomic mass is 10.0. The maximum atomic E-state index is 12.5. The number of hydrogen-bond acceptors (Lipinski definition) is 3. The van der Waals surface area contributed by atoms with Crippen molar-refractivity contribution in [3.8, 4) is 0 Å². The Hall–Kier alpha value is -2.27. The first kappa shape index (κ1) is 14.3. The molecule has 0 aromatic heterocycles. The van der Waals surface area contributed by atoms with Crippen LogP contribution in [-0.4, -0.2) is 27.3 Å². The van der Waals surface area contributed by atoms with Crippen LogP contribution in [0, 0.1) is 0 Å². The van der Waals surface area contributed by atoms with Crippen molar-refractivity contribution in [3.63, 3.8) is 0 Å². The Balaban J connectivity index is 1.71. The lowest BCUT2D eigenvalue weighted by Crippen LogP contribution is -2.29. The predicted octanol–water partition coefficient (Wildman–Crippen LogP) is 2.99. The van der Waals surface area contributed by atoms with Crippen molar-refractivity contribution >= 4 is 33.5 Å². The molecule has 5 heteroatoms. The molecule has 4 nitrogen and oxygen atoms in total. The van der Waals surface area contributed by atoms with Gasteiger partial charge in [-0.1, -0.05) is 46.3 Å². The van der Waals surface area contributed by atoms with Gasteiger partial charge in [0.15, 0.2) is 5.78 Å². The number of rotatable bonds is 2. The highest BCUT2D eigenvalue weighted by Crippen LogP contribution is 2.32. The first-order chi connectivity index (χ1) is 11.1. The molecule has 1 aliphatic carbocycles. The third kappa shape index (κ3) is 2.07. The Morgan fingerprint density at radius 3 is 2.17 bits per heavy atom. The molecule has 23 heavy (non-hydrogen) atoms. The van der Waals surface area contributed by atoms with Crippen LogP contribution in [0.4, 0.5) is 0 Å². The highest BCUT2D eigenvalue weighted by atomic mass is 79.9. The summed E-state index contributed by atoms with van der Waals surface area (Å²) in [5, 5.41) is 0. The lowest BCUT2D eigenvalue weighted by Gasteiger charge is -2.16. The number of carbonyl (C=O) groups is 3. The topological polar surface area (TPSA) is 54.5 Å². The van der Waals surface area contributed by atoms with E-state index in [1.54, 1.807) is 36.4 Å². The number of halogens is 1. The number of Topliss-reactive ketones (excluding diaryl/α,β-unsaturated/α-hetero) is 1. The molecule has 0 N–H and O–H groups in total. The summed E-state index contributed by atoms with van der Waals surface area (Å²) in [6.07, 6.45) is 0.591. The number of nitrogens with zero attached hydrogens (tertiary/aromatic N) is 1. The van der Waals surface area contributed by atoms with Gasteiger partial charge < -0.3 is 0 Å². The average molecular weight is 370 g/mol. The highest BCUT2D eigenvalue weighted by molar-refractivity contribution is 9.10. The third-order valence-electron chi connectivity index (χ3n) is 4.41. The second-order valence-corrected chi connectivity index (χ2v) is 6.83. The van der Waals surface area contributed by atoms with Gasteiger partial charge in [0.05, 0.1) is 22.5 Å². The van der Waals surface area contributed by atoms with Crippen LogP contribution in [-0.2, 0) is 13.0 Å². The number of carbonyl (C=O) groups excluding carboxylic acids is 3. The van der Waals surface area contributed by atoms with E-state index in [4.69, 9.17) is 0 Å². The summed E-state index contributed by atoms with van der Waals surface area (Å²) in [5.74, 6) is -0.491. The van der Waals surface area contributed by atoms with Crippen molar-refractivity contribution in [1.82, 2.24) is 4.90 Å². The number of amides is 2. The molecular weight excluding hydrogens is 358 g/mol. The largest absolute Gasteiger partial charge is 0.293 e. The number of alkyl halides is 1. The summed E-state index contributed by atoms with van der Waals surface area (Å²) < 4.78 is 0. The maximum Gasteiger partial charge on any atom is 0.261 e. The molecule has 1 atom stereocenters. The minimum absolute atomic E-state index is 0.0595. The molecular formula is C18H12BrNO3. The minimum atomic E-state index is -0.275. The quantitative estimate of drug-likeness (QED) is 0.603. The lowest BCUT2D eigenvalue weighted by molar-refractivity contribution is 0.0642. The van der Waals surface area contributed by atoms with E-state index >= 15 is 0 Å². The Morgan fingerprint density at radius 2 is 1.52 bits per heavy atom. The molecule has 2 amide bonds. The molecule has 0 saturated carbocycles. The van der Waals surface area contributed by atoms with Crippen molar-refractivity contribution < 1.29 is 14.4 Å². The summed E-state index contributed by atoms with van der Waals surface area (Å²) in [7, 11) is 0. The fourth-order valence-corrected chi connectivity index (χ4v) is 3.82. The van der Waals surface area contributed by atoms with Crippen LogP contribution in [0.15, 0.2) is 42.5 Å². The second-order valence-electron chi connectivity index (χ2n) is 5.72. The summed E-state index contributed by atoms with van der Waals surface area (Å²) in [5.41, 5.74) is 3.35. The van der Waals surface area contributed by atoms with Crippen molar-refractivity contribution in [1.29, 1.82) is 0 Å². The number of benzene rings is 2. The molecule has 1 heterocycles. The van der Waals surface area contributed by atoms with Crippen LogP contribution < -0.4 is 0 Å². The molecule has 0 saturated heterocycles. The summed E-state index contributed by atoms with van der Waals surface area (Å²) >= 11 is 3.38. The van der Waals surface area contributed by atoms with Gasteiger partial charge in [-0.3, -0.25) is 19.3 Å². The van der Waals surface area contributed by atoms with Gasteiger partial charge in [-0.05, 0) is 29.7 Å². The SMILES string of the molecule is O=C1c2cccc(CN3C(=O)c4ccccc4C3=O)c2CC1Br. The molecule has 4 rings (SSSR count). The molecule has 2 aliphatic rings. The summed E-state index contributed by atoms with van der Waals surface area (Å²) in [4.78, 5) is 38.1. The highest BCUT2D eigenvalue weighted by Gasteiger charge is 2.37. The molecule has 0 radical (unpaired) electrons. The first-order valence-corrected chi connectivity index (χ1v) is 8.24. The minimum Gasteiger partial charge on any atom is -0.293 e. The van der Waals surface area contributed by atoms with Gasteiger partial charge in [0.25, 0.3) is 11.8 Å². The van der Waals surface area contributed by atoms with E-state index in [0.29, 0.717) is 23.1 Å². The van der Waals surface area contributed by atoms with Gasteiger partial charge in [0, 0.05) is 5.56 Å². The molecule has 2 aromatic carbocycles. The number of imide groups is 1. The van der Waals surface area contributed by atoms with E-state index in [0.717, 1.165) is 11.1 Å². The molecule has 0 spiro atoms. The zero-order valence-corrected chi connectivity index (χ0v) is 13.7. The Kier molecular flexibility index (Phi) is 3.20. The monoisotopic (exact) mass is 369 g/mol. The van der Waals surface area contributed by atoms with Crippen molar-refractivity contribution in [3.05, 3.63) is 70.3 Å². The maximum absolute atomic E-state index is 12.5. The molecule has 0 fully saturated rings. The van der Waals surface area contributed by atoms with Crippen LogP contribution in [0.3, 0.4) is 0 Å². The Labute approximate surface area is 141 Å². The number of ketones is 1. The first-order valence-electron chi connectivity index (χ1n) is 7.32. The van der Waals surface area contributed by atoms with Gasteiger partial charge in [0.1, 0.15) is 0 Å². The van der Waals surface area contributed by atoms with Crippen LogP contribution in [0.1, 0.15) is 42.2 Å². The van der Waals surface area contributed by atoms with Gasteiger partial charge >= 0.3 is 0 Å². The fourth-order valence-electron chi connectivity index (χ4n) is 3.25. The normalized spacial score (nSPS) is 19.3. The zero-order chi connectivity index (χ0) is 16.1. The molecule has 114 valence electrons. The third-order valence-corrected chi connectivity index (χ3v) is 5.15. The number of hydrogen-bond donors (Lipinski definition) is 0. The predicted molar refractivity (Wildman–Crippen MR) is 87.8 cm³/mol. The molecule has 1 aliphatic heterocycles. The average Bonchev–Trinajstić information content (AvgIpc) is 2.99. The van der Waals surface area contributed by atoms with Gasteiger partial charge in [-0.25, -0.2) is 0 Å². The van der Waals surface area contributed by atoms with Crippen LogP contribution >= 0.6 is 15.9 Å². The van der Waals surface area contributed by atoms with Crippen LogP contribution in [0.5, 0.6) is 0 Å². The molecule has 2 aromatic rings. The van der Waals surface area contributed by atoms with E-state index in [1.807, 2.05) is 6.07 Å². The van der Waals surface area contributed by atoms with Crippen molar-refractivity contribution in [2.75, 3.05) is 0 Å². The zero-order valence-electron chi connectivity index (χ0n) is 12.1. The smallest absolute Gasteiger partial charge is 0.261 e. The van der Waals surface area contributed by atoms with Gasteiger partial charge in [-0.2, -0.15) is 0 Å².